The van der Waals surface area contributed by atoms with Crippen LogP contribution in [0, 0.1) is 11.8 Å². The zero-order valence-electron chi connectivity index (χ0n) is 13.2. The average molecular weight is 344 g/mol. The maximum absolute atomic E-state index is 12.4. The zero-order valence-corrected chi connectivity index (χ0v) is 14.1. The molecule has 4 rings (SSSR count). The first-order valence-electron chi connectivity index (χ1n) is 8.41. The fourth-order valence-corrected chi connectivity index (χ4v) is 4.71. The van der Waals surface area contributed by atoms with Crippen LogP contribution in [-0.2, 0) is 9.59 Å². The lowest BCUT2D eigenvalue weighted by Gasteiger charge is -2.40. The number of hydrazine groups is 1. The van der Waals surface area contributed by atoms with E-state index >= 15 is 0 Å². The van der Waals surface area contributed by atoms with Crippen LogP contribution in [0.2, 0.25) is 0 Å². The number of nitrogens with zero attached hydrogens (tertiary/aromatic N) is 1. The molecular formula is C17H20N4O2S. The van der Waals surface area contributed by atoms with Crippen LogP contribution in [-0.4, -0.2) is 22.8 Å². The highest BCUT2D eigenvalue weighted by atomic mass is 32.1. The van der Waals surface area contributed by atoms with Crippen LogP contribution in [0.4, 0.5) is 5.13 Å². The molecule has 2 aliphatic rings. The van der Waals surface area contributed by atoms with E-state index in [4.69, 9.17) is 0 Å². The van der Waals surface area contributed by atoms with E-state index in [1.165, 1.54) is 11.3 Å². The molecular weight excluding hydrogens is 324 g/mol. The molecule has 1 aromatic heterocycles. The van der Waals surface area contributed by atoms with Crippen LogP contribution in [0.15, 0.2) is 24.3 Å². The smallest absolute Gasteiger partial charge is 0.237 e. The van der Waals surface area contributed by atoms with Gasteiger partial charge in [0.1, 0.15) is 0 Å². The summed E-state index contributed by atoms with van der Waals surface area (Å²) in [5, 5.41) is 3.53. The molecule has 126 valence electrons. The summed E-state index contributed by atoms with van der Waals surface area (Å²) >= 11 is 1.48. The molecule has 7 heteroatoms. The van der Waals surface area contributed by atoms with Gasteiger partial charge < -0.3 is 5.32 Å². The van der Waals surface area contributed by atoms with Gasteiger partial charge in [0.05, 0.1) is 10.2 Å². The van der Waals surface area contributed by atoms with Gasteiger partial charge in [-0.3, -0.25) is 15.0 Å². The highest BCUT2D eigenvalue weighted by molar-refractivity contribution is 7.22. The molecule has 0 spiro atoms. The Balaban J connectivity index is 1.42. The Bertz CT molecular complexity index is 742. The minimum Gasteiger partial charge on any atom is -0.302 e. The summed E-state index contributed by atoms with van der Waals surface area (Å²) in [6.45, 7) is 0. The number of fused-ring (bicyclic) bond motifs is 2. The normalized spacial score (nSPS) is 26.7. The number of thiazole rings is 1. The number of hydrogen-bond donors (Lipinski definition) is 3. The molecule has 24 heavy (non-hydrogen) atoms. The van der Waals surface area contributed by atoms with Crippen molar-refractivity contribution < 1.29 is 9.59 Å². The van der Waals surface area contributed by atoms with Gasteiger partial charge in [-0.05, 0) is 30.9 Å². The number of rotatable bonds is 3. The summed E-state index contributed by atoms with van der Waals surface area (Å²) in [6, 6.07) is 7.82. The van der Waals surface area contributed by atoms with Crippen molar-refractivity contribution in [2.24, 2.45) is 11.8 Å². The van der Waals surface area contributed by atoms with Gasteiger partial charge in [0.2, 0.25) is 11.8 Å². The summed E-state index contributed by atoms with van der Waals surface area (Å²) in [5.74, 6) is 0.295. The third kappa shape index (κ3) is 3.01. The first-order chi connectivity index (χ1) is 11.7. The Morgan fingerprint density at radius 2 is 2.12 bits per heavy atom. The van der Waals surface area contributed by atoms with Crippen molar-refractivity contribution in [1.29, 1.82) is 0 Å². The summed E-state index contributed by atoms with van der Waals surface area (Å²) in [5.41, 5.74) is 6.67. The molecule has 2 heterocycles. The van der Waals surface area contributed by atoms with E-state index in [9.17, 15) is 9.59 Å². The lowest BCUT2D eigenvalue weighted by atomic mass is 9.73. The minimum atomic E-state index is -0.0629. The standard InChI is InChI=1S/C17H20N4O2S/c22-15(19-17-18-12-7-3-4-8-14(12)24-17)9-13-10-5-1-2-6-11(10)16(23)21-20-13/h3-4,7-8,10-11,13,20H,1-2,5-6,9H2,(H,21,23)(H,18,19,22). The quantitative estimate of drug-likeness (QED) is 0.799. The molecule has 3 N–H and O–H groups in total. The Kier molecular flexibility index (Phi) is 4.20. The van der Waals surface area contributed by atoms with Crippen molar-refractivity contribution in [2.45, 2.75) is 38.1 Å². The number of aromatic nitrogens is 1. The van der Waals surface area contributed by atoms with Gasteiger partial charge in [-0.2, -0.15) is 0 Å². The number of nitrogens with one attached hydrogen (secondary N) is 3. The molecule has 2 amide bonds. The highest BCUT2D eigenvalue weighted by Gasteiger charge is 2.40. The molecule has 1 aliphatic heterocycles. The molecule has 2 aromatic rings. The van der Waals surface area contributed by atoms with Crippen LogP contribution in [0.1, 0.15) is 32.1 Å². The average Bonchev–Trinajstić information content (AvgIpc) is 3.00. The van der Waals surface area contributed by atoms with Gasteiger partial charge in [0, 0.05) is 18.4 Å². The largest absolute Gasteiger partial charge is 0.302 e. The summed E-state index contributed by atoms with van der Waals surface area (Å²) < 4.78 is 1.06. The number of carbonyl (C=O) groups excluding carboxylic acids is 2. The Labute approximate surface area is 144 Å². The molecule has 1 aliphatic carbocycles. The first-order valence-corrected chi connectivity index (χ1v) is 9.23. The van der Waals surface area contributed by atoms with E-state index in [0.717, 1.165) is 35.9 Å². The topological polar surface area (TPSA) is 83.1 Å². The molecule has 3 atom stereocenters. The summed E-state index contributed by atoms with van der Waals surface area (Å²) in [7, 11) is 0. The van der Waals surface area contributed by atoms with E-state index in [2.05, 4.69) is 21.2 Å². The molecule has 2 fully saturated rings. The second-order valence-corrected chi connectivity index (χ2v) is 7.56. The molecule has 0 bridgehead atoms. The van der Waals surface area contributed by atoms with E-state index < -0.39 is 0 Å². The van der Waals surface area contributed by atoms with Crippen LogP contribution >= 0.6 is 11.3 Å². The highest BCUT2D eigenvalue weighted by Crippen LogP contribution is 2.35. The van der Waals surface area contributed by atoms with Crippen molar-refractivity contribution in [1.82, 2.24) is 15.8 Å². The van der Waals surface area contributed by atoms with E-state index in [1.807, 2.05) is 24.3 Å². The Hall–Kier alpha value is -1.99. The second kappa shape index (κ2) is 6.49. The predicted octanol–water partition coefficient (Wildman–Crippen LogP) is 2.43. The molecule has 1 saturated carbocycles. The lowest BCUT2D eigenvalue weighted by molar-refractivity contribution is -0.134. The molecule has 1 saturated heterocycles. The van der Waals surface area contributed by atoms with Crippen molar-refractivity contribution in [3.05, 3.63) is 24.3 Å². The van der Waals surface area contributed by atoms with Crippen molar-refractivity contribution in [2.75, 3.05) is 5.32 Å². The molecule has 0 radical (unpaired) electrons. The van der Waals surface area contributed by atoms with Gasteiger partial charge in [-0.15, -0.1) is 0 Å². The molecule has 3 unspecified atom stereocenters. The number of anilines is 1. The van der Waals surface area contributed by atoms with Gasteiger partial charge in [0.15, 0.2) is 5.13 Å². The van der Waals surface area contributed by atoms with Crippen LogP contribution in [0.25, 0.3) is 10.2 Å². The third-order valence-corrected chi connectivity index (χ3v) is 5.95. The number of amides is 2. The monoisotopic (exact) mass is 344 g/mol. The van der Waals surface area contributed by atoms with Crippen molar-refractivity contribution in [3.8, 4) is 0 Å². The van der Waals surface area contributed by atoms with E-state index in [-0.39, 0.29) is 29.7 Å². The number of benzene rings is 1. The van der Waals surface area contributed by atoms with Crippen molar-refractivity contribution >= 4 is 38.5 Å². The van der Waals surface area contributed by atoms with Crippen LogP contribution in [0.5, 0.6) is 0 Å². The van der Waals surface area contributed by atoms with E-state index in [0.29, 0.717) is 11.6 Å². The Morgan fingerprint density at radius 3 is 3.00 bits per heavy atom. The third-order valence-electron chi connectivity index (χ3n) is 5.00. The summed E-state index contributed by atoms with van der Waals surface area (Å²) in [4.78, 5) is 28.8. The molecule has 6 nitrogen and oxygen atoms in total. The second-order valence-electron chi connectivity index (χ2n) is 6.53. The van der Waals surface area contributed by atoms with Crippen LogP contribution in [0.3, 0.4) is 0 Å². The SMILES string of the molecule is O=C(CC1NNC(=O)C2CCCCC12)Nc1nc2ccccc2s1. The lowest BCUT2D eigenvalue weighted by Crippen LogP contribution is -2.60. The van der Waals surface area contributed by atoms with Gasteiger partial charge in [-0.1, -0.05) is 36.3 Å². The van der Waals surface area contributed by atoms with Crippen molar-refractivity contribution in [3.63, 3.8) is 0 Å². The fraction of sp³-hybridized carbons (Fsp3) is 0.471. The number of carbonyl (C=O) groups is 2. The van der Waals surface area contributed by atoms with Crippen LogP contribution < -0.4 is 16.2 Å². The fourth-order valence-electron chi connectivity index (χ4n) is 3.83. The number of hydrogen-bond acceptors (Lipinski definition) is 5. The number of para-hydroxylation sites is 1. The zero-order chi connectivity index (χ0) is 16.5. The van der Waals surface area contributed by atoms with Gasteiger partial charge >= 0.3 is 0 Å². The maximum Gasteiger partial charge on any atom is 0.237 e. The predicted molar refractivity (Wildman–Crippen MR) is 93.4 cm³/mol. The van der Waals surface area contributed by atoms with Gasteiger partial charge in [0.25, 0.3) is 0 Å². The first kappa shape index (κ1) is 15.5. The summed E-state index contributed by atoms with van der Waals surface area (Å²) in [6.07, 6.45) is 4.50. The van der Waals surface area contributed by atoms with E-state index in [1.54, 1.807) is 0 Å². The minimum absolute atomic E-state index is 0.0117. The molecule has 1 aromatic carbocycles. The van der Waals surface area contributed by atoms with Gasteiger partial charge in [-0.25, -0.2) is 10.4 Å². The maximum atomic E-state index is 12.4. The Morgan fingerprint density at radius 1 is 1.29 bits per heavy atom.